The molecule has 2 unspecified atom stereocenters. The van der Waals surface area contributed by atoms with Crippen molar-refractivity contribution >= 4 is 0 Å². The first-order valence-corrected chi connectivity index (χ1v) is 6.75. The highest BCUT2D eigenvalue weighted by molar-refractivity contribution is 4.98. The summed E-state index contributed by atoms with van der Waals surface area (Å²) in [5.74, 6) is 0.984. The largest absolute Gasteiger partial charge is 0.381 e. The van der Waals surface area contributed by atoms with Crippen molar-refractivity contribution in [3.63, 3.8) is 0 Å². The SMILES string of the molecule is COC1CCCC(OCc2nc(C(C)(C)N)no2)C1. The molecule has 1 saturated carbocycles. The molecule has 6 nitrogen and oxygen atoms in total. The molecule has 1 aromatic heterocycles. The van der Waals surface area contributed by atoms with E-state index in [9.17, 15) is 0 Å². The summed E-state index contributed by atoms with van der Waals surface area (Å²) in [7, 11) is 1.75. The Balaban J connectivity index is 1.83. The first-order chi connectivity index (χ1) is 8.99. The monoisotopic (exact) mass is 269 g/mol. The number of nitrogens with zero attached hydrogens (tertiary/aromatic N) is 2. The molecule has 0 aromatic carbocycles. The Morgan fingerprint density at radius 2 is 2.11 bits per heavy atom. The van der Waals surface area contributed by atoms with Crippen molar-refractivity contribution in [1.29, 1.82) is 0 Å². The van der Waals surface area contributed by atoms with Crippen LogP contribution in [-0.2, 0) is 21.6 Å². The van der Waals surface area contributed by atoms with Crippen molar-refractivity contribution in [3.8, 4) is 0 Å². The minimum Gasteiger partial charge on any atom is -0.381 e. The van der Waals surface area contributed by atoms with Gasteiger partial charge in [-0.15, -0.1) is 0 Å². The second kappa shape index (κ2) is 5.98. The highest BCUT2D eigenvalue weighted by atomic mass is 16.5. The van der Waals surface area contributed by atoms with Gasteiger partial charge in [-0.2, -0.15) is 4.98 Å². The fourth-order valence-corrected chi connectivity index (χ4v) is 2.23. The molecule has 0 amide bonds. The second-order valence-corrected chi connectivity index (χ2v) is 5.69. The zero-order valence-corrected chi connectivity index (χ0v) is 11.9. The summed E-state index contributed by atoms with van der Waals surface area (Å²) in [6.45, 7) is 4.02. The van der Waals surface area contributed by atoms with Gasteiger partial charge in [0.15, 0.2) is 5.82 Å². The third kappa shape index (κ3) is 3.99. The highest BCUT2D eigenvalue weighted by Crippen LogP contribution is 2.24. The lowest BCUT2D eigenvalue weighted by molar-refractivity contribution is -0.0426. The van der Waals surface area contributed by atoms with Crippen molar-refractivity contribution in [1.82, 2.24) is 10.1 Å². The lowest BCUT2D eigenvalue weighted by Crippen LogP contribution is -2.30. The Kier molecular flexibility index (Phi) is 4.54. The average molecular weight is 269 g/mol. The number of rotatable bonds is 5. The third-order valence-electron chi connectivity index (χ3n) is 3.40. The van der Waals surface area contributed by atoms with Crippen LogP contribution >= 0.6 is 0 Å². The molecule has 1 aliphatic carbocycles. The van der Waals surface area contributed by atoms with Gasteiger partial charge in [0.05, 0.1) is 17.7 Å². The van der Waals surface area contributed by atoms with Crippen molar-refractivity contribution in [3.05, 3.63) is 11.7 Å². The molecule has 0 bridgehead atoms. The molecule has 0 saturated heterocycles. The third-order valence-corrected chi connectivity index (χ3v) is 3.40. The van der Waals surface area contributed by atoms with E-state index in [2.05, 4.69) is 10.1 Å². The normalized spacial score (nSPS) is 24.6. The second-order valence-electron chi connectivity index (χ2n) is 5.69. The zero-order chi connectivity index (χ0) is 13.9. The Hall–Kier alpha value is -0.980. The molecule has 2 rings (SSSR count). The fraction of sp³-hybridized carbons (Fsp3) is 0.846. The highest BCUT2D eigenvalue weighted by Gasteiger charge is 2.24. The van der Waals surface area contributed by atoms with Gasteiger partial charge in [0.1, 0.15) is 6.61 Å². The van der Waals surface area contributed by atoms with Gasteiger partial charge < -0.3 is 19.7 Å². The number of hydrogen-bond donors (Lipinski definition) is 1. The molecule has 19 heavy (non-hydrogen) atoms. The Bertz CT molecular complexity index is 400. The van der Waals surface area contributed by atoms with Crippen LogP contribution in [0.4, 0.5) is 0 Å². The van der Waals surface area contributed by atoms with Gasteiger partial charge in [-0.05, 0) is 39.5 Å². The van der Waals surface area contributed by atoms with Gasteiger partial charge in [-0.1, -0.05) is 5.16 Å². The van der Waals surface area contributed by atoms with Crippen molar-refractivity contribution in [2.45, 2.75) is 63.9 Å². The van der Waals surface area contributed by atoms with Gasteiger partial charge in [0, 0.05) is 7.11 Å². The van der Waals surface area contributed by atoms with Crippen LogP contribution in [0.15, 0.2) is 4.52 Å². The van der Waals surface area contributed by atoms with E-state index in [0.29, 0.717) is 24.4 Å². The first-order valence-electron chi connectivity index (χ1n) is 6.75. The Labute approximate surface area is 113 Å². The van der Waals surface area contributed by atoms with Crippen LogP contribution in [0.25, 0.3) is 0 Å². The number of ether oxygens (including phenoxy) is 2. The van der Waals surface area contributed by atoms with E-state index in [0.717, 1.165) is 25.7 Å². The number of methoxy groups -OCH3 is 1. The van der Waals surface area contributed by atoms with Crippen molar-refractivity contribution in [2.75, 3.05) is 7.11 Å². The topological polar surface area (TPSA) is 83.4 Å². The summed E-state index contributed by atoms with van der Waals surface area (Å²) in [6.07, 6.45) is 4.75. The van der Waals surface area contributed by atoms with E-state index >= 15 is 0 Å². The average Bonchev–Trinajstić information content (AvgIpc) is 2.85. The van der Waals surface area contributed by atoms with Crippen molar-refractivity contribution < 1.29 is 14.0 Å². The molecule has 1 aromatic rings. The van der Waals surface area contributed by atoms with Crippen LogP contribution in [0.1, 0.15) is 51.2 Å². The molecule has 1 aliphatic rings. The van der Waals surface area contributed by atoms with Gasteiger partial charge >= 0.3 is 0 Å². The molecular weight excluding hydrogens is 246 g/mol. The number of aromatic nitrogens is 2. The predicted octanol–water partition coefficient (Wildman–Crippen LogP) is 1.74. The molecule has 2 atom stereocenters. The molecule has 1 heterocycles. The maximum Gasteiger partial charge on any atom is 0.252 e. The molecule has 0 spiro atoms. The van der Waals surface area contributed by atoms with Crippen LogP contribution in [-0.4, -0.2) is 29.5 Å². The summed E-state index contributed by atoms with van der Waals surface area (Å²) in [6, 6.07) is 0. The smallest absolute Gasteiger partial charge is 0.252 e. The van der Waals surface area contributed by atoms with Crippen LogP contribution in [0.5, 0.6) is 0 Å². The predicted molar refractivity (Wildman–Crippen MR) is 69.4 cm³/mol. The lowest BCUT2D eigenvalue weighted by Gasteiger charge is -2.27. The zero-order valence-electron chi connectivity index (χ0n) is 11.9. The first kappa shape index (κ1) is 14.4. The number of hydrogen-bond acceptors (Lipinski definition) is 6. The molecule has 108 valence electrons. The summed E-state index contributed by atoms with van der Waals surface area (Å²) >= 11 is 0. The van der Waals surface area contributed by atoms with Crippen LogP contribution in [0.2, 0.25) is 0 Å². The van der Waals surface area contributed by atoms with Crippen LogP contribution in [0, 0.1) is 0 Å². The van der Waals surface area contributed by atoms with Crippen molar-refractivity contribution in [2.24, 2.45) is 5.73 Å². The molecule has 1 fully saturated rings. The molecule has 0 radical (unpaired) electrons. The molecular formula is C13H23N3O3. The van der Waals surface area contributed by atoms with Crippen LogP contribution in [0.3, 0.4) is 0 Å². The van der Waals surface area contributed by atoms with E-state index < -0.39 is 5.54 Å². The molecule has 2 N–H and O–H groups in total. The standard InChI is InChI=1S/C13H23N3O3/c1-13(2,14)12-15-11(19-16-12)8-18-10-6-4-5-9(7-10)17-3/h9-10H,4-8,14H2,1-3H3. The van der Waals surface area contributed by atoms with E-state index in [4.69, 9.17) is 19.7 Å². The Morgan fingerprint density at radius 1 is 1.37 bits per heavy atom. The van der Waals surface area contributed by atoms with Gasteiger partial charge in [-0.25, -0.2) is 0 Å². The minimum atomic E-state index is -0.590. The summed E-state index contributed by atoms with van der Waals surface area (Å²) < 4.78 is 16.3. The summed E-state index contributed by atoms with van der Waals surface area (Å²) in [5.41, 5.74) is 5.31. The quantitative estimate of drug-likeness (QED) is 0.876. The van der Waals surface area contributed by atoms with Gasteiger partial charge in [0.2, 0.25) is 0 Å². The van der Waals surface area contributed by atoms with Gasteiger partial charge in [0.25, 0.3) is 5.89 Å². The number of nitrogens with two attached hydrogens (primary N) is 1. The van der Waals surface area contributed by atoms with Gasteiger partial charge in [-0.3, -0.25) is 0 Å². The van der Waals surface area contributed by atoms with E-state index in [1.54, 1.807) is 7.11 Å². The lowest BCUT2D eigenvalue weighted by atomic mass is 9.95. The van der Waals surface area contributed by atoms with E-state index in [1.807, 2.05) is 13.8 Å². The summed E-state index contributed by atoms with van der Waals surface area (Å²) in [5, 5.41) is 3.87. The fourth-order valence-electron chi connectivity index (χ4n) is 2.23. The maximum absolute atomic E-state index is 5.90. The minimum absolute atomic E-state index is 0.208. The summed E-state index contributed by atoms with van der Waals surface area (Å²) in [4.78, 5) is 4.25. The Morgan fingerprint density at radius 3 is 2.74 bits per heavy atom. The van der Waals surface area contributed by atoms with E-state index in [-0.39, 0.29) is 6.10 Å². The maximum atomic E-state index is 5.90. The molecule has 0 aliphatic heterocycles. The van der Waals surface area contributed by atoms with Crippen LogP contribution < -0.4 is 5.73 Å². The molecule has 6 heteroatoms. The van der Waals surface area contributed by atoms with E-state index in [1.165, 1.54) is 0 Å².